The fourth-order valence-electron chi connectivity index (χ4n) is 1.29. The Morgan fingerprint density at radius 1 is 0.750 bits per heavy atom. The molecule has 7 heteroatoms. The molecule has 0 saturated carbocycles. The predicted molar refractivity (Wildman–Crippen MR) is 86.8 cm³/mol. The molecule has 0 aromatic heterocycles. The zero-order valence-electron chi connectivity index (χ0n) is 14.3. The van der Waals surface area contributed by atoms with E-state index in [0.29, 0.717) is 0 Å². The summed E-state index contributed by atoms with van der Waals surface area (Å²) in [5.74, 6) is -2.03. The lowest BCUT2D eigenvalue weighted by atomic mass is 9.92. The summed E-state index contributed by atoms with van der Waals surface area (Å²) in [7, 11) is 0. The minimum atomic E-state index is -1.30. The van der Waals surface area contributed by atoms with Crippen molar-refractivity contribution in [3.05, 3.63) is 36.5 Å². The van der Waals surface area contributed by atoms with Gasteiger partial charge in [0.1, 0.15) is 19.8 Å². The summed E-state index contributed by atoms with van der Waals surface area (Å²) in [5.41, 5.74) is -0.805. The highest BCUT2D eigenvalue weighted by Gasteiger charge is 2.35. The maximum atomic E-state index is 11.6. The number of esters is 3. The van der Waals surface area contributed by atoms with Crippen LogP contribution in [0.15, 0.2) is 36.5 Å². The molecule has 134 valence electrons. The van der Waals surface area contributed by atoms with Crippen molar-refractivity contribution in [3.63, 3.8) is 0 Å². The van der Waals surface area contributed by atoms with Gasteiger partial charge in [-0.05, 0) is 20.8 Å². The van der Waals surface area contributed by atoms with Gasteiger partial charge in [0.2, 0.25) is 0 Å². The van der Waals surface area contributed by atoms with Gasteiger partial charge in [0.05, 0.1) is 12.0 Å². The van der Waals surface area contributed by atoms with Gasteiger partial charge in [0.15, 0.2) is 0 Å². The van der Waals surface area contributed by atoms with Crippen molar-refractivity contribution in [2.75, 3.05) is 26.4 Å². The minimum Gasteiger partial charge on any atom is -0.461 e. The van der Waals surface area contributed by atoms with Crippen LogP contribution in [-0.2, 0) is 28.6 Å². The van der Waals surface area contributed by atoms with Crippen LogP contribution in [0.4, 0.5) is 0 Å². The third kappa shape index (κ3) is 7.23. The molecule has 0 fully saturated rings. The van der Waals surface area contributed by atoms with Crippen molar-refractivity contribution < 1.29 is 33.7 Å². The average molecular weight is 340 g/mol. The zero-order chi connectivity index (χ0) is 18.9. The fraction of sp³-hybridized carbons (Fsp3) is 0.471. The third-order valence-electron chi connectivity index (χ3n) is 2.91. The van der Waals surface area contributed by atoms with Gasteiger partial charge in [-0.25, -0.2) is 14.4 Å². The normalized spacial score (nSPS) is 10.5. The summed E-state index contributed by atoms with van der Waals surface area (Å²) >= 11 is 0. The van der Waals surface area contributed by atoms with Gasteiger partial charge in [-0.15, -0.1) is 0 Å². The Kier molecular flexibility index (Phi) is 8.70. The van der Waals surface area contributed by atoms with Gasteiger partial charge in [0, 0.05) is 16.7 Å². The lowest BCUT2D eigenvalue weighted by molar-refractivity contribution is -0.160. The van der Waals surface area contributed by atoms with E-state index in [9.17, 15) is 19.5 Å². The highest BCUT2D eigenvalue weighted by atomic mass is 16.6. The lowest BCUT2D eigenvalue weighted by Crippen LogP contribution is -2.42. The number of hydrogen-bond donors (Lipinski definition) is 1. The molecule has 0 aliphatic carbocycles. The molecule has 7 nitrogen and oxygen atoms in total. The summed E-state index contributed by atoms with van der Waals surface area (Å²) in [5, 5.41) is 9.69. The predicted octanol–water partition coefficient (Wildman–Crippen LogP) is 1.32. The summed E-state index contributed by atoms with van der Waals surface area (Å²) in [4.78, 5) is 34.7. The highest BCUT2D eigenvalue weighted by Crippen LogP contribution is 2.21. The van der Waals surface area contributed by atoms with E-state index in [1.54, 1.807) is 0 Å². The van der Waals surface area contributed by atoms with Gasteiger partial charge in [-0.2, -0.15) is 0 Å². The molecule has 0 radical (unpaired) electrons. The molecule has 0 spiro atoms. The summed E-state index contributed by atoms with van der Waals surface area (Å²) in [6, 6.07) is 0. The molecule has 0 aliphatic heterocycles. The monoisotopic (exact) mass is 340 g/mol. The molecular formula is C17H24O7. The number of aliphatic hydroxyl groups excluding tert-OH is 1. The Morgan fingerprint density at radius 3 is 1.17 bits per heavy atom. The molecule has 0 amide bonds. The second-order valence-corrected chi connectivity index (χ2v) is 5.73. The van der Waals surface area contributed by atoms with Crippen LogP contribution in [0.3, 0.4) is 0 Å². The Hall–Kier alpha value is -2.41. The maximum Gasteiger partial charge on any atom is 0.333 e. The van der Waals surface area contributed by atoms with Gasteiger partial charge >= 0.3 is 17.9 Å². The number of hydrogen-bond acceptors (Lipinski definition) is 7. The van der Waals surface area contributed by atoms with Crippen LogP contribution in [0.1, 0.15) is 20.8 Å². The largest absolute Gasteiger partial charge is 0.461 e. The van der Waals surface area contributed by atoms with Crippen molar-refractivity contribution in [2.45, 2.75) is 20.8 Å². The summed E-state index contributed by atoms with van der Waals surface area (Å²) in [6.45, 7) is 13.2. The molecule has 0 aliphatic rings. The van der Waals surface area contributed by atoms with Crippen LogP contribution >= 0.6 is 0 Å². The number of aliphatic hydroxyl groups is 1. The minimum absolute atomic E-state index is 0.166. The maximum absolute atomic E-state index is 11.6. The molecule has 0 atom stereocenters. The fourth-order valence-corrected chi connectivity index (χ4v) is 1.29. The average Bonchev–Trinajstić information content (AvgIpc) is 2.53. The number of carbonyl (C=O) groups excluding carboxylic acids is 3. The first kappa shape index (κ1) is 21.6. The van der Waals surface area contributed by atoms with E-state index in [1.165, 1.54) is 20.8 Å². The molecule has 0 saturated heterocycles. The van der Waals surface area contributed by atoms with Crippen molar-refractivity contribution >= 4 is 17.9 Å². The van der Waals surface area contributed by atoms with E-state index < -0.39 is 29.9 Å². The quantitative estimate of drug-likeness (QED) is 0.364. The molecule has 0 aromatic rings. The molecule has 1 N–H and O–H groups in total. The van der Waals surface area contributed by atoms with Crippen molar-refractivity contribution in [2.24, 2.45) is 5.41 Å². The van der Waals surface area contributed by atoms with Crippen LogP contribution in [0, 0.1) is 5.41 Å². The van der Waals surface area contributed by atoms with Crippen LogP contribution < -0.4 is 0 Å². The van der Waals surface area contributed by atoms with Crippen LogP contribution in [0.5, 0.6) is 0 Å². The Morgan fingerprint density at radius 2 is 1.00 bits per heavy atom. The van der Waals surface area contributed by atoms with Gasteiger partial charge in [0.25, 0.3) is 0 Å². The smallest absolute Gasteiger partial charge is 0.333 e. The number of ether oxygens (including phenoxy) is 3. The van der Waals surface area contributed by atoms with Crippen molar-refractivity contribution in [3.8, 4) is 0 Å². The van der Waals surface area contributed by atoms with Crippen LogP contribution in [0.2, 0.25) is 0 Å². The zero-order valence-corrected chi connectivity index (χ0v) is 14.3. The van der Waals surface area contributed by atoms with Crippen LogP contribution in [0.25, 0.3) is 0 Å². The third-order valence-corrected chi connectivity index (χ3v) is 2.91. The van der Waals surface area contributed by atoms with E-state index in [4.69, 9.17) is 14.2 Å². The molecule has 0 unspecified atom stereocenters. The molecular weight excluding hydrogens is 316 g/mol. The van der Waals surface area contributed by atoms with Gasteiger partial charge < -0.3 is 19.3 Å². The Balaban J connectivity index is 5.11. The molecule has 0 bridgehead atoms. The molecule has 0 heterocycles. The Bertz CT molecular complexity index is 471. The van der Waals surface area contributed by atoms with Crippen molar-refractivity contribution in [1.82, 2.24) is 0 Å². The molecule has 0 rings (SSSR count). The highest BCUT2D eigenvalue weighted by molar-refractivity contribution is 5.88. The second-order valence-electron chi connectivity index (χ2n) is 5.73. The number of rotatable bonds is 10. The van der Waals surface area contributed by atoms with E-state index in [0.717, 1.165) is 0 Å². The Labute approximate surface area is 141 Å². The first-order chi connectivity index (χ1) is 11.0. The first-order valence-corrected chi connectivity index (χ1v) is 7.13. The molecule has 0 aromatic carbocycles. The topological polar surface area (TPSA) is 99.1 Å². The van der Waals surface area contributed by atoms with Gasteiger partial charge in [-0.1, -0.05) is 19.7 Å². The van der Waals surface area contributed by atoms with Crippen molar-refractivity contribution in [1.29, 1.82) is 0 Å². The number of carbonyl (C=O) groups is 3. The molecule has 24 heavy (non-hydrogen) atoms. The van der Waals surface area contributed by atoms with E-state index in [-0.39, 0.29) is 36.5 Å². The van der Waals surface area contributed by atoms with E-state index >= 15 is 0 Å². The van der Waals surface area contributed by atoms with E-state index in [1.807, 2.05) is 0 Å². The standard InChI is InChI=1S/C17H24O7/c1-11(2)14(19)22-8-17(7-18,9-23-15(20)12(3)4)10-24-16(21)13(5)6/h18H,1,3,5,7-10H2,2,4,6H3. The van der Waals surface area contributed by atoms with Crippen LogP contribution in [-0.4, -0.2) is 49.4 Å². The second kappa shape index (κ2) is 9.67. The lowest BCUT2D eigenvalue weighted by Gasteiger charge is -2.30. The SMILES string of the molecule is C=C(C)C(=O)OCC(CO)(COC(=O)C(=C)C)COC(=O)C(=C)C. The van der Waals surface area contributed by atoms with Gasteiger partial charge in [-0.3, -0.25) is 0 Å². The summed E-state index contributed by atoms with van der Waals surface area (Å²) in [6.07, 6.45) is 0. The summed E-state index contributed by atoms with van der Waals surface area (Å²) < 4.78 is 15.1. The van der Waals surface area contributed by atoms with E-state index in [2.05, 4.69) is 19.7 Å². The first-order valence-electron chi connectivity index (χ1n) is 7.13.